The van der Waals surface area contributed by atoms with Gasteiger partial charge in [0.05, 0.1) is 18.8 Å². The minimum Gasteiger partial charge on any atom is -0.378 e. The molecular weight excluding hydrogens is 362 g/mol. The van der Waals surface area contributed by atoms with Crippen molar-refractivity contribution < 1.29 is 9.53 Å². The van der Waals surface area contributed by atoms with E-state index in [-0.39, 0.29) is 11.4 Å². The smallest absolute Gasteiger partial charge is 0.217 e. The van der Waals surface area contributed by atoms with Crippen LogP contribution in [0.15, 0.2) is 48.5 Å². The van der Waals surface area contributed by atoms with Crippen molar-refractivity contribution in [1.82, 2.24) is 10.2 Å². The van der Waals surface area contributed by atoms with Gasteiger partial charge >= 0.3 is 0 Å². The Bertz CT molecular complexity index is 828. The normalized spacial score (nSPS) is 22.6. The molecule has 2 heterocycles. The number of carbonyl (C=O) groups is 1. The van der Waals surface area contributed by atoms with Crippen LogP contribution in [0.5, 0.6) is 0 Å². The molecule has 2 fully saturated rings. The first-order valence-electron chi connectivity index (χ1n) is 10.5. The van der Waals surface area contributed by atoms with Crippen LogP contribution in [-0.2, 0) is 16.1 Å². The highest BCUT2D eigenvalue weighted by atomic mass is 16.5. The van der Waals surface area contributed by atoms with Crippen molar-refractivity contribution in [2.75, 3.05) is 44.3 Å². The van der Waals surface area contributed by atoms with Crippen molar-refractivity contribution in [2.24, 2.45) is 0 Å². The molecule has 4 rings (SSSR count). The molecule has 0 aromatic heterocycles. The van der Waals surface area contributed by atoms with Crippen molar-refractivity contribution in [3.63, 3.8) is 0 Å². The fourth-order valence-electron chi connectivity index (χ4n) is 4.47. The number of amides is 1. The first-order valence-corrected chi connectivity index (χ1v) is 10.5. The fraction of sp³-hybridized carbons (Fsp3) is 0.458. The van der Waals surface area contributed by atoms with Crippen molar-refractivity contribution in [3.05, 3.63) is 54.1 Å². The minimum absolute atomic E-state index is 0.0540. The van der Waals surface area contributed by atoms with Gasteiger partial charge in [0.2, 0.25) is 5.91 Å². The van der Waals surface area contributed by atoms with Gasteiger partial charge in [0.25, 0.3) is 0 Å². The molecule has 29 heavy (non-hydrogen) atoms. The number of morpholine rings is 1. The molecule has 1 atom stereocenters. The zero-order chi connectivity index (χ0) is 20.3. The molecule has 0 spiro atoms. The summed E-state index contributed by atoms with van der Waals surface area (Å²) in [5.74, 6) is 0.0540. The van der Waals surface area contributed by atoms with Gasteiger partial charge in [-0.15, -0.1) is 0 Å². The molecule has 1 N–H and O–H groups in total. The SMILES string of the molecule is CC(=O)NC1(C)CCN(Cc2ccc(-c3ccc(N4CCOCC4)cc3)cc2)C1. The number of likely N-dealkylation sites (tertiary alicyclic amines) is 1. The van der Waals surface area contributed by atoms with Crippen LogP contribution < -0.4 is 10.2 Å². The molecule has 0 aliphatic carbocycles. The summed E-state index contributed by atoms with van der Waals surface area (Å²) < 4.78 is 5.44. The topological polar surface area (TPSA) is 44.8 Å². The Morgan fingerprint density at radius 2 is 1.62 bits per heavy atom. The lowest BCUT2D eigenvalue weighted by molar-refractivity contribution is -0.120. The van der Waals surface area contributed by atoms with Gasteiger partial charge in [-0.25, -0.2) is 0 Å². The Hall–Kier alpha value is -2.37. The van der Waals surface area contributed by atoms with E-state index in [1.165, 1.54) is 22.4 Å². The zero-order valence-corrected chi connectivity index (χ0v) is 17.5. The Labute approximate surface area is 173 Å². The molecule has 2 aromatic rings. The van der Waals surface area contributed by atoms with Gasteiger partial charge in [0.15, 0.2) is 0 Å². The summed E-state index contributed by atoms with van der Waals surface area (Å²) in [7, 11) is 0. The molecule has 1 amide bonds. The summed E-state index contributed by atoms with van der Waals surface area (Å²) in [6.45, 7) is 10.1. The van der Waals surface area contributed by atoms with E-state index in [2.05, 4.69) is 70.6 Å². The molecule has 0 saturated carbocycles. The fourth-order valence-corrected chi connectivity index (χ4v) is 4.47. The summed E-state index contributed by atoms with van der Waals surface area (Å²) in [5.41, 5.74) is 4.96. The van der Waals surface area contributed by atoms with Crippen LogP contribution in [0, 0.1) is 0 Å². The molecule has 5 heteroatoms. The highest BCUT2D eigenvalue weighted by molar-refractivity contribution is 5.73. The van der Waals surface area contributed by atoms with Gasteiger partial charge in [0, 0.05) is 45.3 Å². The van der Waals surface area contributed by atoms with E-state index in [0.29, 0.717) is 0 Å². The Kier molecular flexibility index (Phi) is 5.88. The van der Waals surface area contributed by atoms with Crippen molar-refractivity contribution in [1.29, 1.82) is 0 Å². The molecule has 0 bridgehead atoms. The van der Waals surface area contributed by atoms with Crippen LogP contribution in [0.4, 0.5) is 5.69 Å². The quantitative estimate of drug-likeness (QED) is 0.847. The number of anilines is 1. The van der Waals surface area contributed by atoms with Gasteiger partial charge < -0.3 is 15.0 Å². The molecule has 2 aliphatic rings. The van der Waals surface area contributed by atoms with Crippen molar-refractivity contribution >= 4 is 11.6 Å². The maximum atomic E-state index is 11.4. The zero-order valence-electron chi connectivity index (χ0n) is 17.5. The van der Waals surface area contributed by atoms with Gasteiger partial charge in [-0.05, 0) is 42.2 Å². The largest absolute Gasteiger partial charge is 0.378 e. The van der Waals surface area contributed by atoms with Crippen LogP contribution in [0.25, 0.3) is 11.1 Å². The molecule has 5 nitrogen and oxygen atoms in total. The third-order valence-electron chi connectivity index (χ3n) is 5.97. The van der Waals surface area contributed by atoms with Gasteiger partial charge in [-0.1, -0.05) is 36.4 Å². The first kappa shape index (κ1) is 19.9. The van der Waals surface area contributed by atoms with Crippen LogP contribution >= 0.6 is 0 Å². The average Bonchev–Trinajstić information content (AvgIpc) is 3.08. The summed E-state index contributed by atoms with van der Waals surface area (Å²) in [4.78, 5) is 16.2. The second-order valence-electron chi connectivity index (χ2n) is 8.55. The van der Waals surface area contributed by atoms with Gasteiger partial charge in [-0.2, -0.15) is 0 Å². The first-order chi connectivity index (χ1) is 14.0. The Morgan fingerprint density at radius 1 is 1.00 bits per heavy atom. The highest BCUT2D eigenvalue weighted by Crippen LogP contribution is 2.26. The van der Waals surface area contributed by atoms with E-state index in [4.69, 9.17) is 4.74 Å². The molecule has 2 saturated heterocycles. The lowest BCUT2D eigenvalue weighted by Gasteiger charge is -2.28. The molecule has 1 unspecified atom stereocenters. The summed E-state index contributed by atoms with van der Waals surface area (Å²) >= 11 is 0. The second-order valence-corrected chi connectivity index (χ2v) is 8.55. The summed E-state index contributed by atoms with van der Waals surface area (Å²) in [5, 5.41) is 3.10. The van der Waals surface area contributed by atoms with Gasteiger partial charge in [0.1, 0.15) is 0 Å². The summed E-state index contributed by atoms with van der Waals surface area (Å²) in [6.07, 6.45) is 1.00. The molecule has 2 aliphatic heterocycles. The van der Waals surface area contributed by atoms with E-state index >= 15 is 0 Å². The van der Waals surface area contributed by atoms with Crippen LogP contribution in [0.3, 0.4) is 0 Å². The lowest BCUT2D eigenvalue weighted by Crippen LogP contribution is -2.46. The number of nitrogens with one attached hydrogen (secondary N) is 1. The molecular formula is C24H31N3O2. The van der Waals surface area contributed by atoms with Crippen LogP contribution in [0.1, 0.15) is 25.8 Å². The average molecular weight is 394 g/mol. The third kappa shape index (κ3) is 4.98. The second kappa shape index (κ2) is 8.56. The monoisotopic (exact) mass is 393 g/mol. The van der Waals surface area contributed by atoms with Gasteiger partial charge in [-0.3, -0.25) is 9.69 Å². The number of benzene rings is 2. The standard InChI is InChI=1S/C24H31N3O2/c1-19(28)25-24(2)11-12-26(18-24)17-20-3-5-21(6-4-20)22-7-9-23(10-8-22)27-13-15-29-16-14-27/h3-10H,11-18H2,1-2H3,(H,25,28). The van der Waals surface area contributed by atoms with Crippen LogP contribution in [-0.4, -0.2) is 55.7 Å². The number of ether oxygens (including phenoxy) is 1. The maximum absolute atomic E-state index is 11.4. The van der Waals surface area contributed by atoms with E-state index in [9.17, 15) is 4.79 Å². The predicted molar refractivity (Wildman–Crippen MR) is 117 cm³/mol. The Morgan fingerprint density at radius 3 is 2.24 bits per heavy atom. The minimum atomic E-state index is -0.103. The van der Waals surface area contributed by atoms with Crippen molar-refractivity contribution in [2.45, 2.75) is 32.4 Å². The highest BCUT2D eigenvalue weighted by Gasteiger charge is 2.34. The molecule has 154 valence electrons. The maximum Gasteiger partial charge on any atom is 0.217 e. The number of rotatable bonds is 5. The molecule has 0 radical (unpaired) electrons. The Balaban J connectivity index is 1.36. The molecule has 2 aromatic carbocycles. The number of hydrogen-bond acceptors (Lipinski definition) is 4. The van der Waals surface area contributed by atoms with E-state index in [0.717, 1.165) is 52.4 Å². The number of hydrogen-bond donors (Lipinski definition) is 1. The third-order valence-corrected chi connectivity index (χ3v) is 5.97. The predicted octanol–water partition coefficient (Wildman–Crippen LogP) is 3.29. The van der Waals surface area contributed by atoms with E-state index in [1.807, 2.05) is 0 Å². The number of carbonyl (C=O) groups excluding carboxylic acids is 1. The lowest BCUT2D eigenvalue weighted by atomic mass is 10.0. The van der Waals surface area contributed by atoms with E-state index < -0.39 is 0 Å². The number of nitrogens with zero attached hydrogens (tertiary/aromatic N) is 2. The van der Waals surface area contributed by atoms with Crippen LogP contribution in [0.2, 0.25) is 0 Å². The summed E-state index contributed by atoms with van der Waals surface area (Å²) in [6, 6.07) is 17.7. The van der Waals surface area contributed by atoms with E-state index in [1.54, 1.807) is 6.92 Å². The van der Waals surface area contributed by atoms with Crippen molar-refractivity contribution in [3.8, 4) is 11.1 Å².